The van der Waals surface area contributed by atoms with E-state index >= 15 is 0 Å². The van der Waals surface area contributed by atoms with Gasteiger partial charge in [-0.05, 0) is 50.1 Å². The van der Waals surface area contributed by atoms with Gasteiger partial charge in [-0.1, -0.05) is 36.4 Å². The molecular formula is C24H24IN3O2. The lowest BCUT2D eigenvalue weighted by Gasteiger charge is -2.40. The lowest BCUT2D eigenvalue weighted by molar-refractivity contribution is -0.697. The Labute approximate surface area is 193 Å². The number of aromatic nitrogens is 1. The van der Waals surface area contributed by atoms with Gasteiger partial charge < -0.3 is 29.3 Å². The molecule has 0 aliphatic carbocycles. The molecule has 1 atom stereocenters. The lowest BCUT2D eigenvalue weighted by Crippen LogP contribution is -3.00. The summed E-state index contributed by atoms with van der Waals surface area (Å²) in [6.07, 6.45) is 1.85. The third-order valence-corrected chi connectivity index (χ3v) is 5.54. The monoisotopic (exact) mass is 513 g/mol. The molecule has 0 radical (unpaired) electrons. The Morgan fingerprint density at radius 1 is 1.03 bits per heavy atom. The van der Waals surface area contributed by atoms with Crippen molar-refractivity contribution in [3.63, 3.8) is 0 Å². The van der Waals surface area contributed by atoms with Gasteiger partial charge in [-0.3, -0.25) is 14.5 Å². The molecule has 4 rings (SSSR count). The first-order valence-corrected chi connectivity index (χ1v) is 9.67. The maximum atomic E-state index is 13.7. The van der Waals surface area contributed by atoms with Crippen molar-refractivity contribution in [1.29, 1.82) is 0 Å². The second-order valence-electron chi connectivity index (χ2n) is 7.62. The molecule has 30 heavy (non-hydrogen) atoms. The van der Waals surface area contributed by atoms with E-state index in [2.05, 4.69) is 5.32 Å². The predicted molar refractivity (Wildman–Crippen MR) is 112 cm³/mol. The number of anilines is 2. The Morgan fingerprint density at radius 2 is 1.77 bits per heavy atom. The van der Waals surface area contributed by atoms with E-state index in [1.165, 1.54) is 0 Å². The number of nitrogens with zero attached hydrogens (tertiary/aromatic N) is 2. The fourth-order valence-corrected chi connectivity index (χ4v) is 3.98. The van der Waals surface area contributed by atoms with Gasteiger partial charge in [0.1, 0.15) is 0 Å². The van der Waals surface area contributed by atoms with Gasteiger partial charge in [0, 0.05) is 23.5 Å². The van der Waals surface area contributed by atoms with Gasteiger partial charge in [0.2, 0.25) is 17.8 Å². The highest BCUT2D eigenvalue weighted by molar-refractivity contribution is 6.08. The van der Waals surface area contributed by atoms with Crippen LogP contribution in [-0.2, 0) is 21.7 Å². The van der Waals surface area contributed by atoms with Crippen molar-refractivity contribution in [1.82, 2.24) is 0 Å². The zero-order valence-electron chi connectivity index (χ0n) is 17.2. The molecule has 154 valence electrons. The number of para-hydroxylation sites is 1. The maximum absolute atomic E-state index is 13.7. The van der Waals surface area contributed by atoms with Crippen molar-refractivity contribution in [3.8, 4) is 0 Å². The number of halogens is 1. The molecule has 1 unspecified atom stereocenters. The molecule has 5 nitrogen and oxygen atoms in total. The SMILES string of the molecule is Cc1cccc(N2C(=O)C[n+]3ccccc3C2(C)C(=O)Nc2ccccc2C)c1.[I-]. The largest absolute Gasteiger partial charge is 1.00 e. The number of hydrogen-bond donors (Lipinski definition) is 1. The fraction of sp³-hybridized carbons (Fsp3) is 0.208. The zero-order chi connectivity index (χ0) is 20.6. The van der Waals surface area contributed by atoms with Crippen LogP contribution in [0.25, 0.3) is 0 Å². The van der Waals surface area contributed by atoms with E-state index in [1.807, 2.05) is 98.3 Å². The van der Waals surface area contributed by atoms with Crippen molar-refractivity contribution in [2.24, 2.45) is 0 Å². The first-order chi connectivity index (χ1) is 13.9. The Kier molecular flexibility index (Phi) is 6.26. The van der Waals surface area contributed by atoms with E-state index in [4.69, 9.17) is 0 Å². The van der Waals surface area contributed by atoms with Gasteiger partial charge in [0.05, 0.1) is 0 Å². The quantitative estimate of drug-likeness (QED) is 0.410. The Morgan fingerprint density at radius 3 is 2.50 bits per heavy atom. The number of hydrogen-bond acceptors (Lipinski definition) is 2. The van der Waals surface area contributed by atoms with Crippen molar-refractivity contribution >= 4 is 23.2 Å². The molecule has 1 aromatic heterocycles. The third-order valence-electron chi connectivity index (χ3n) is 5.54. The summed E-state index contributed by atoms with van der Waals surface area (Å²) in [7, 11) is 0. The molecule has 0 spiro atoms. The van der Waals surface area contributed by atoms with E-state index < -0.39 is 5.54 Å². The number of pyridine rings is 1. The predicted octanol–water partition coefficient (Wildman–Crippen LogP) is 0.496. The molecule has 1 N–H and O–H groups in total. The molecular weight excluding hydrogens is 489 g/mol. The number of carbonyl (C=O) groups is 2. The van der Waals surface area contributed by atoms with Crippen LogP contribution in [0.2, 0.25) is 0 Å². The second-order valence-corrected chi connectivity index (χ2v) is 7.62. The lowest BCUT2D eigenvalue weighted by atomic mass is 9.89. The highest BCUT2D eigenvalue weighted by Gasteiger charge is 2.54. The summed E-state index contributed by atoms with van der Waals surface area (Å²) in [5.74, 6) is -0.372. The van der Waals surface area contributed by atoms with Crippen molar-refractivity contribution in [2.75, 3.05) is 10.2 Å². The molecule has 1 aliphatic heterocycles. The van der Waals surface area contributed by atoms with Gasteiger partial charge in [0.25, 0.3) is 11.8 Å². The highest BCUT2D eigenvalue weighted by atomic mass is 127. The van der Waals surface area contributed by atoms with Crippen LogP contribution in [0.5, 0.6) is 0 Å². The minimum atomic E-state index is -1.20. The van der Waals surface area contributed by atoms with E-state index in [1.54, 1.807) is 4.90 Å². The topological polar surface area (TPSA) is 53.3 Å². The van der Waals surface area contributed by atoms with Crippen molar-refractivity contribution in [2.45, 2.75) is 32.9 Å². The number of amides is 2. The second kappa shape index (κ2) is 8.55. The van der Waals surface area contributed by atoms with Crippen LogP contribution >= 0.6 is 0 Å². The first kappa shape index (κ1) is 22.0. The standard InChI is InChI=1S/C24H23N3O2.HI/c1-17-9-8-11-19(15-17)27-22(28)16-26-14-7-6-13-21(26)24(27,3)23(29)25-20-12-5-4-10-18(20)2;/h4-15H,16H2,1-3H3;1H. The van der Waals surface area contributed by atoms with E-state index in [0.717, 1.165) is 22.5 Å². The minimum Gasteiger partial charge on any atom is -1.00 e. The summed E-state index contributed by atoms with van der Waals surface area (Å²) in [6, 6.07) is 21.0. The zero-order valence-corrected chi connectivity index (χ0v) is 19.4. The van der Waals surface area contributed by atoms with Crippen molar-refractivity contribution in [3.05, 3.63) is 89.7 Å². The van der Waals surface area contributed by atoms with Gasteiger partial charge in [-0.2, -0.15) is 4.57 Å². The number of nitrogens with one attached hydrogen (secondary N) is 1. The maximum Gasteiger partial charge on any atom is 0.294 e. The Balaban J connectivity index is 0.00000256. The molecule has 6 heteroatoms. The van der Waals surface area contributed by atoms with Gasteiger partial charge >= 0.3 is 0 Å². The highest BCUT2D eigenvalue weighted by Crippen LogP contribution is 2.36. The average Bonchev–Trinajstić information content (AvgIpc) is 2.69. The van der Waals surface area contributed by atoms with Crippen LogP contribution in [-0.4, -0.2) is 11.8 Å². The molecule has 0 fully saturated rings. The normalized spacial score (nSPS) is 17.7. The molecule has 2 aromatic carbocycles. The summed E-state index contributed by atoms with van der Waals surface area (Å²) in [4.78, 5) is 28.6. The molecule has 0 bridgehead atoms. The van der Waals surface area contributed by atoms with Crippen LogP contribution in [0, 0.1) is 13.8 Å². The van der Waals surface area contributed by atoms with Crippen LogP contribution in [0.4, 0.5) is 11.4 Å². The van der Waals surface area contributed by atoms with E-state index in [-0.39, 0.29) is 42.3 Å². The smallest absolute Gasteiger partial charge is 0.294 e. The number of aryl methyl sites for hydroxylation is 2. The van der Waals surface area contributed by atoms with Crippen LogP contribution in [0.15, 0.2) is 72.9 Å². The first-order valence-electron chi connectivity index (χ1n) is 9.67. The molecule has 3 aromatic rings. The summed E-state index contributed by atoms with van der Waals surface area (Å²) in [6.45, 7) is 5.93. The molecule has 2 amide bonds. The van der Waals surface area contributed by atoms with E-state index in [0.29, 0.717) is 5.69 Å². The van der Waals surface area contributed by atoms with E-state index in [9.17, 15) is 9.59 Å². The summed E-state index contributed by atoms with van der Waals surface area (Å²) < 4.78 is 1.85. The number of fused-ring (bicyclic) bond motifs is 1. The summed E-state index contributed by atoms with van der Waals surface area (Å²) in [5, 5.41) is 3.05. The van der Waals surface area contributed by atoms with Crippen molar-refractivity contribution < 1.29 is 38.1 Å². The van der Waals surface area contributed by atoms with Crippen LogP contribution in [0.1, 0.15) is 23.7 Å². The fourth-order valence-electron chi connectivity index (χ4n) is 3.98. The van der Waals surface area contributed by atoms with Gasteiger partial charge in [0.15, 0.2) is 6.20 Å². The number of benzene rings is 2. The summed E-state index contributed by atoms with van der Waals surface area (Å²) >= 11 is 0. The number of rotatable bonds is 3. The molecule has 0 saturated carbocycles. The molecule has 0 saturated heterocycles. The van der Waals surface area contributed by atoms with Crippen LogP contribution in [0.3, 0.4) is 0 Å². The minimum absolute atomic E-state index is 0. The Bertz CT molecular complexity index is 1110. The molecule has 2 heterocycles. The molecule has 1 aliphatic rings. The Hall–Kier alpha value is -2.74. The summed E-state index contributed by atoms with van der Waals surface area (Å²) in [5.41, 5.74) is 3.02. The van der Waals surface area contributed by atoms with Gasteiger partial charge in [-0.15, -0.1) is 0 Å². The number of carbonyl (C=O) groups excluding carboxylic acids is 2. The van der Waals surface area contributed by atoms with Gasteiger partial charge in [-0.25, -0.2) is 0 Å². The van der Waals surface area contributed by atoms with Crippen LogP contribution < -0.4 is 38.8 Å². The third kappa shape index (κ3) is 3.71. The average molecular weight is 513 g/mol.